The third kappa shape index (κ3) is 4.16. The number of nitrogens with one attached hydrogen (secondary N) is 1. The lowest BCUT2D eigenvalue weighted by molar-refractivity contribution is -0.138. The van der Waals surface area contributed by atoms with E-state index in [0.29, 0.717) is 12.5 Å². The number of hydrogen-bond acceptors (Lipinski definition) is 4. The van der Waals surface area contributed by atoms with E-state index in [1.807, 2.05) is 18.9 Å². The predicted molar refractivity (Wildman–Crippen MR) is 73.0 cm³/mol. The number of amides is 1. The SMILES string of the molecule is C[C@H]1OCCN[C@@H]1C(=O)N(C)CCC1CCOCC1. The molecule has 2 saturated heterocycles. The fourth-order valence-corrected chi connectivity index (χ4v) is 2.77. The van der Waals surface area contributed by atoms with Crippen LogP contribution < -0.4 is 5.32 Å². The Kier molecular flexibility index (Phi) is 5.60. The molecule has 5 nitrogen and oxygen atoms in total. The molecule has 1 amide bonds. The molecule has 0 spiro atoms. The van der Waals surface area contributed by atoms with E-state index in [1.165, 1.54) is 0 Å². The second-order valence-electron chi connectivity index (χ2n) is 5.61. The van der Waals surface area contributed by atoms with E-state index < -0.39 is 0 Å². The summed E-state index contributed by atoms with van der Waals surface area (Å²) in [6.07, 6.45) is 3.30. The molecule has 2 atom stereocenters. The molecule has 2 rings (SSSR count). The molecular weight excluding hydrogens is 244 g/mol. The van der Waals surface area contributed by atoms with Crippen molar-refractivity contribution in [2.24, 2.45) is 5.92 Å². The fourth-order valence-electron chi connectivity index (χ4n) is 2.77. The monoisotopic (exact) mass is 270 g/mol. The number of likely N-dealkylation sites (N-methyl/N-ethyl adjacent to an activating group) is 1. The Morgan fingerprint density at radius 1 is 1.32 bits per heavy atom. The van der Waals surface area contributed by atoms with Gasteiger partial charge in [-0.2, -0.15) is 0 Å². The van der Waals surface area contributed by atoms with Gasteiger partial charge in [0.1, 0.15) is 6.04 Å². The topological polar surface area (TPSA) is 50.8 Å². The quantitative estimate of drug-likeness (QED) is 0.814. The van der Waals surface area contributed by atoms with Crippen molar-refractivity contribution >= 4 is 5.91 Å². The van der Waals surface area contributed by atoms with Crippen LogP contribution in [0.3, 0.4) is 0 Å². The van der Waals surface area contributed by atoms with E-state index >= 15 is 0 Å². The summed E-state index contributed by atoms with van der Waals surface area (Å²) in [6.45, 7) is 5.98. The highest BCUT2D eigenvalue weighted by Crippen LogP contribution is 2.19. The zero-order valence-electron chi connectivity index (χ0n) is 12.1. The van der Waals surface area contributed by atoms with Crippen LogP contribution in [-0.2, 0) is 14.3 Å². The molecule has 0 radical (unpaired) electrons. The molecule has 2 heterocycles. The van der Waals surface area contributed by atoms with Gasteiger partial charge >= 0.3 is 0 Å². The van der Waals surface area contributed by atoms with Crippen LogP contribution in [0.2, 0.25) is 0 Å². The summed E-state index contributed by atoms with van der Waals surface area (Å²) in [6, 6.07) is -0.187. The first-order chi connectivity index (χ1) is 9.18. The molecule has 0 aromatic heterocycles. The summed E-state index contributed by atoms with van der Waals surface area (Å²) in [5, 5.41) is 3.25. The summed E-state index contributed by atoms with van der Waals surface area (Å²) in [5.74, 6) is 0.858. The lowest BCUT2D eigenvalue weighted by Gasteiger charge is -2.33. The minimum absolute atomic E-state index is 0.0354. The van der Waals surface area contributed by atoms with Crippen molar-refractivity contribution in [1.82, 2.24) is 10.2 Å². The van der Waals surface area contributed by atoms with Crippen molar-refractivity contribution in [1.29, 1.82) is 0 Å². The normalized spacial score (nSPS) is 29.2. The first kappa shape index (κ1) is 14.8. The van der Waals surface area contributed by atoms with Gasteiger partial charge in [0.25, 0.3) is 0 Å². The van der Waals surface area contributed by atoms with E-state index in [9.17, 15) is 4.79 Å². The molecule has 110 valence electrons. The smallest absolute Gasteiger partial charge is 0.242 e. The number of carbonyl (C=O) groups excluding carboxylic acids is 1. The van der Waals surface area contributed by atoms with Crippen LogP contribution in [0.4, 0.5) is 0 Å². The molecule has 2 aliphatic rings. The van der Waals surface area contributed by atoms with Crippen molar-refractivity contribution in [2.75, 3.05) is 40.0 Å². The van der Waals surface area contributed by atoms with Crippen LogP contribution in [0, 0.1) is 5.92 Å². The third-order valence-electron chi connectivity index (χ3n) is 4.17. The number of rotatable bonds is 4. The zero-order valence-corrected chi connectivity index (χ0v) is 12.1. The van der Waals surface area contributed by atoms with Crippen LogP contribution in [-0.4, -0.2) is 62.9 Å². The molecule has 0 unspecified atom stereocenters. The predicted octanol–water partition coefficient (Wildman–Crippen LogP) is 0.638. The maximum atomic E-state index is 12.3. The van der Waals surface area contributed by atoms with Crippen LogP contribution >= 0.6 is 0 Å². The van der Waals surface area contributed by atoms with E-state index in [-0.39, 0.29) is 18.1 Å². The Morgan fingerprint density at radius 2 is 2.05 bits per heavy atom. The van der Waals surface area contributed by atoms with Gasteiger partial charge in [0, 0.05) is 33.4 Å². The van der Waals surface area contributed by atoms with Gasteiger partial charge < -0.3 is 19.7 Å². The molecule has 0 bridgehead atoms. The summed E-state index contributed by atoms with van der Waals surface area (Å²) in [7, 11) is 1.89. The van der Waals surface area contributed by atoms with Crippen molar-refractivity contribution in [3.05, 3.63) is 0 Å². The molecule has 0 aromatic rings. The number of carbonyl (C=O) groups is 1. The van der Waals surface area contributed by atoms with Gasteiger partial charge in [-0.25, -0.2) is 0 Å². The summed E-state index contributed by atoms with van der Waals surface area (Å²) in [5.41, 5.74) is 0. The highest BCUT2D eigenvalue weighted by Gasteiger charge is 2.30. The average molecular weight is 270 g/mol. The standard InChI is InChI=1S/C14H26N2O3/c1-11-13(15-6-10-19-11)14(17)16(2)7-3-12-4-8-18-9-5-12/h11-13,15H,3-10H2,1-2H3/t11-,13+/m1/s1. The minimum atomic E-state index is -0.187. The molecule has 5 heteroatoms. The molecule has 0 aromatic carbocycles. The van der Waals surface area contributed by atoms with Crippen molar-refractivity contribution in [3.63, 3.8) is 0 Å². The van der Waals surface area contributed by atoms with Crippen molar-refractivity contribution in [2.45, 2.75) is 38.3 Å². The van der Waals surface area contributed by atoms with Crippen molar-refractivity contribution < 1.29 is 14.3 Å². The molecule has 0 aliphatic carbocycles. The third-order valence-corrected chi connectivity index (χ3v) is 4.17. The zero-order chi connectivity index (χ0) is 13.7. The maximum Gasteiger partial charge on any atom is 0.242 e. The fraction of sp³-hybridized carbons (Fsp3) is 0.929. The van der Waals surface area contributed by atoms with Gasteiger partial charge in [-0.15, -0.1) is 0 Å². The Labute approximate surface area is 115 Å². The van der Waals surface area contributed by atoms with Crippen LogP contribution in [0.1, 0.15) is 26.2 Å². The maximum absolute atomic E-state index is 12.3. The van der Waals surface area contributed by atoms with Gasteiger partial charge in [0.05, 0.1) is 12.7 Å². The summed E-state index contributed by atoms with van der Waals surface area (Å²) < 4.78 is 10.9. The molecular formula is C14H26N2O3. The first-order valence-corrected chi connectivity index (χ1v) is 7.36. The van der Waals surface area contributed by atoms with Crippen LogP contribution in [0.25, 0.3) is 0 Å². The highest BCUT2D eigenvalue weighted by molar-refractivity contribution is 5.82. The molecule has 2 aliphatic heterocycles. The Balaban J connectivity index is 1.74. The van der Waals surface area contributed by atoms with Crippen LogP contribution in [0.15, 0.2) is 0 Å². The van der Waals surface area contributed by atoms with Gasteiger partial charge in [0.15, 0.2) is 0 Å². The van der Waals surface area contributed by atoms with Gasteiger partial charge in [-0.1, -0.05) is 0 Å². The average Bonchev–Trinajstić information content (AvgIpc) is 2.45. The van der Waals surface area contributed by atoms with Gasteiger partial charge in [-0.3, -0.25) is 4.79 Å². The van der Waals surface area contributed by atoms with Crippen LogP contribution in [0.5, 0.6) is 0 Å². The number of ether oxygens (including phenoxy) is 2. The van der Waals surface area contributed by atoms with E-state index in [2.05, 4.69) is 5.32 Å². The van der Waals surface area contributed by atoms with E-state index in [1.54, 1.807) is 0 Å². The largest absolute Gasteiger partial charge is 0.381 e. The summed E-state index contributed by atoms with van der Waals surface area (Å²) in [4.78, 5) is 14.2. The van der Waals surface area contributed by atoms with E-state index in [0.717, 1.165) is 45.6 Å². The lowest BCUT2D eigenvalue weighted by atomic mass is 9.96. The number of morpholine rings is 1. The van der Waals surface area contributed by atoms with Gasteiger partial charge in [-0.05, 0) is 32.1 Å². The summed E-state index contributed by atoms with van der Waals surface area (Å²) >= 11 is 0. The number of hydrogen-bond donors (Lipinski definition) is 1. The molecule has 2 fully saturated rings. The molecule has 1 N–H and O–H groups in total. The molecule has 0 saturated carbocycles. The Morgan fingerprint density at radius 3 is 2.74 bits per heavy atom. The molecule has 19 heavy (non-hydrogen) atoms. The van der Waals surface area contributed by atoms with Gasteiger partial charge in [0.2, 0.25) is 5.91 Å². The second-order valence-corrected chi connectivity index (χ2v) is 5.61. The number of nitrogens with zero attached hydrogens (tertiary/aromatic N) is 1. The van der Waals surface area contributed by atoms with Crippen molar-refractivity contribution in [3.8, 4) is 0 Å². The second kappa shape index (κ2) is 7.22. The Hall–Kier alpha value is -0.650. The minimum Gasteiger partial charge on any atom is -0.381 e. The lowest BCUT2D eigenvalue weighted by Crippen LogP contribution is -2.55. The Bertz CT molecular complexity index is 292. The highest BCUT2D eigenvalue weighted by atomic mass is 16.5. The first-order valence-electron chi connectivity index (χ1n) is 7.36. The van der Waals surface area contributed by atoms with E-state index in [4.69, 9.17) is 9.47 Å².